The van der Waals surface area contributed by atoms with Crippen molar-refractivity contribution in [1.29, 1.82) is 0 Å². The maximum absolute atomic E-state index is 11.2. The van der Waals surface area contributed by atoms with Crippen molar-refractivity contribution in [2.45, 2.75) is 26.2 Å². The molecule has 10 heavy (non-hydrogen) atoms. The topological polar surface area (TPSA) is 20.3 Å². The van der Waals surface area contributed by atoms with Crippen molar-refractivity contribution in [2.24, 2.45) is 5.41 Å². The first-order valence-corrected chi connectivity index (χ1v) is 4.04. The zero-order valence-corrected chi connectivity index (χ0v) is 6.39. The summed E-state index contributed by atoms with van der Waals surface area (Å²) < 4.78 is 0. The Bertz CT molecular complexity index is 172. The number of amides is 1. The first kappa shape index (κ1) is 6.20. The van der Waals surface area contributed by atoms with Crippen LogP contribution < -0.4 is 0 Å². The summed E-state index contributed by atoms with van der Waals surface area (Å²) in [5.74, 6) is 0.375. The molecule has 2 rings (SSSR count). The third kappa shape index (κ3) is 0.746. The molecule has 0 aromatic rings. The van der Waals surface area contributed by atoms with E-state index in [9.17, 15) is 4.79 Å². The average Bonchev–Trinajstić information content (AvgIpc) is 2.55. The van der Waals surface area contributed by atoms with Crippen LogP contribution >= 0.6 is 0 Å². The van der Waals surface area contributed by atoms with Crippen LogP contribution in [-0.4, -0.2) is 23.9 Å². The maximum Gasteiger partial charge on any atom is 0.223 e. The highest BCUT2D eigenvalue weighted by Gasteiger charge is 2.50. The quantitative estimate of drug-likeness (QED) is 0.531. The van der Waals surface area contributed by atoms with E-state index >= 15 is 0 Å². The fraction of sp³-hybridized carbons (Fsp3) is 0.875. The average molecular weight is 139 g/mol. The largest absolute Gasteiger partial charge is 0.342 e. The zero-order valence-electron chi connectivity index (χ0n) is 6.39. The predicted molar refractivity (Wildman–Crippen MR) is 38.5 cm³/mol. The van der Waals surface area contributed by atoms with E-state index in [1.165, 1.54) is 12.8 Å². The fourth-order valence-corrected chi connectivity index (χ4v) is 1.78. The Balaban J connectivity index is 2.07. The molecule has 2 heteroatoms. The van der Waals surface area contributed by atoms with Gasteiger partial charge in [-0.25, -0.2) is 0 Å². The highest BCUT2D eigenvalue weighted by Crippen LogP contribution is 2.52. The smallest absolute Gasteiger partial charge is 0.223 e. The molecule has 1 saturated heterocycles. The van der Waals surface area contributed by atoms with Crippen LogP contribution in [-0.2, 0) is 4.79 Å². The number of likely N-dealkylation sites (tertiary alicyclic amines) is 1. The van der Waals surface area contributed by atoms with E-state index in [1.807, 2.05) is 4.90 Å². The van der Waals surface area contributed by atoms with E-state index in [0.717, 1.165) is 19.5 Å². The first-order valence-electron chi connectivity index (χ1n) is 4.04. The van der Waals surface area contributed by atoms with Crippen molar-refractivity contribution in [2.75, 3.05) is 13.1 Å². The monoisotopic (exact) mass is 139 g/mol. The summed E-state index contributed by atoms with van der Waals surface area (Å²) in [5.41, 5.74) is 0.465. The normalized spacial score (nSPS) is 28.1. The lowest BCUT2D eigenvalue weighted by Gasteiger charge is -2.12. The van der Waals surface area contributed by atoms with Crippen molar-refractivity contribution < 1.29 is 4.79 Å². The molecule has 1 aliphatic heterocycles. The molecule has 2 aliphatic rings. The Morgan fingerprint density at radius 3 is 2.60 bits per heavy atom. The van der Waals surface area contributed by atoms with Gasteiger partial charge in [-0.3, -0.25) is 4.79 Å². The number of hydrogen-bond donors (Lipinski definition) is 0. The van der Waals surface area contributed by atoms with Gasteiger partial charge in [0.05, 0.1) is 0 Å². The number of hydrogen-bond acceptors (Lipinski definition) is 1. The molecule has 1 heterocycles. The van der Waals surface area contributed by atoms with Crippen molar-refractivity contribution in [3.05, 3.63) is 0 Å². The lowest BCUT2D eigenvalue weighted by molar-refractivity contribution is -0.127. The van der Waals surface area contributed by atoms with Crippen LogP contribution in [0.2, 0.25) is 0 Å². The number of nitrogens with zero attached hydrogens (tertiary/aromatic N) is 1. The predicted octanol–water partition coefficient (Wildman–Crippen LogP) is 1.02. The molecule has 0 radical (unpaired) electrons. The van der Waals surface area contributed by atoms with Crippen LogP contribution in [0.5, 0.6) is 0 Å². The summed E-state index contributed by atoms with van der Waals surface area (Å²) in [4.78, 5) is 13.2. The van der Waals surface area contributed by atoms with Crippen LogP contribution in [0.25, 0.3) is 0 Å². The minimum Gasteiger partial charge on any atom is -0.342 e. The minimum atomic E-state index is 0.375. The molecule has 1 aliphatic carbocycles. The van der Waals surface area contributed by atoms with Crippen LogP contribution in [0.3, 0.4) is 0 Å². The fourth-order valence-electron chi connectivity index (χ4n) is 1.78. The Morgan fingerprint density at radius 1 is 1.60 bits per heavy atom. The van der Waals surface area contributed by atoms with Crippen LogP contribution in [0.15, 0.2) is 0 Å². The number of carbonyl (C=O) groups excluding carboxylic acids is 1. The highest BCUT2D eigenvalue weighted by atomic mass is 16.2. The molecule has 2 nitrogen and oxygen atoms in total. The molecule has 0 aromatic carbocycles. The van der Waals surface area contributed by atoms with E-state index < -0.39 is 0 Å². The molecule has 1 saturated carbocycles. The van der Waals surface area contributed by atoms with Gasteiger partial charge >= 0.3 is 0 Å². The van der Waals surface area contributed by atoms with E-state index in [0.29, 0.717) is 11.3 Å². The minimum absolute atomic E-state index is 0.375. The SMILES string of the molecule is CCN1CC2(CC2)CC1=O. The van der Waals surface area contributed by atoms with E-state index in [-0.39, 0.29) is 0 Å². The molecule has 1 amide bonds. The second-order valence-corrected chi connectivity index (χ2v) is 3.58. The second-order valence-electron chi connectivity index (χ2n) is 3.58. The van der Waals surface area contributed by atoms with Gasteiger partial charge < -0.3 is 4.90 Å². The van der Waals surface area contributed by atoms with Gasteiger partial charge in [0.1, 0.15) is 0 Å². The standard InChI is InChI=1S/C8H13NO/c1-2-9-6-8(3-4-8)5-7(9)10/h2-6H2,1H3. The molecule has 1 spiro atoms. The first-order chi connectivity index (χ1) is 4.76. The molecule has 0 N–H and O–H groups in total. The van der Waals surface area contributed by atoms with Gasteiger partial charge in [-0.2, -0.15) is 0 Å². The highest BCUT2D eigenvalue weighted by molar-refractivity contribution is 5.80. The third-order valence-corrected chi connectivity index (χ3v) is 2.74. The summed E-state index contributed by atoms with van der Waals surface area (Å²) in [6, 6.07) is 0. The van der Waals surface area contributed by atoms with Crippen molar-refractivity contribution >= 4 is 5.91 Å². The molecule has 0 unspecified atom stereocenters. The Labute approximate surface area is 61.2 Å². The van der Waals surface area contributed by atoms with Gasteiger partial charge in [-0.15, -0.1) is 0 Å². The van der Waals surface area contributed by atoms with Crippen molar-refractivity contribution in [1.82, 2.24) is 4.90 Å². The molecular weight excluding hydrogens is 126 g/mol. The van der Waals surface area contributed by atoms with Crippen molar-refractivity contribution in [3.63, 3.8) is 0 Å². The summed E-state index contributed by atoms with van der Waals surface area (Å²) in [6.45, 7) is 4.00. The lowest BCUT2D eigenvalue weighted by atomic mass is 10.1. The van der Waals surface area contributed by atoms with Gasteiger partial charge in [0, 0.05) is 19.5 Å². The van der Waals surface area contributed by atoms with Gasteiger partial charge in [-0.1, -0.05) is 0 Å². The Hall–Kier alpha value is -0.530. The summed E-state index contributed by atoms with van der Waals surface area (Å²) in [5, 5.41) is 0. The molecule has 0 atom stereocenters. The molecule has 56 valence electrons. The zero-order chi connectivity index (χ0) is 7.19. The maximum atomic E-state index is 11.2. The Kier molecular flexibility index (Phi) is 1.08. The van der Waals surface area contributed by atoms with Crippen molar-refractivity contribution in [3.8, 4) is 0 Å². The van der Waals surface area contributed by atoms with E-state index in [2.05, 4.69) is 6.92 Å². The summed E-state index contributed by atoms with van der Waals surface area (Å²) >= 11 is 0. The van der Waals surface area contributed by atoms with Gasteiger partial charge in [-0.05, 0) is 25.2 Å². The van der Waals surface area contributed by atoms with E-state index in [4.69, 9.17) is 0 Å². The Morgan fingerprint density at radius 2 is 2.30 bits per heavy atom. The molecule has 2 fully saturated rings. The third-order valence-electron chi connectivity index (χ3n) is 2.74. The van der Waals surface area contributed by atoms with Crippen LogP contribution in [0.1, 0.15) is 26.2 Å². The number of rotatable bonds is 1. The van der Waals surface area contributed by atoms with Gasteiger partial charge in [0.25, 0.3) is 0 Å². The lowest BCUT2D eigenvalue weighted by Crippen LogP contribution is -2.24. The van der Waals surface area contributed by atoms with Gasteiger partial charge in [0.15, 0.2) is 0 Å². The summed E-state index contributed by atoms with van der Waals surface area (Å²) in [7, 11) is 0. The second kappa shape index (κ2) is 1.74. The number of carbonyl (C=O) groups is 1. The van der Waals surface area contributed by atoms with Crippen LogP contribution in [0.4, 0.5) is 0 Å². The van der Waals surface area contributed by atoms with Gasteiger partial charge in [0.2, 0.25) is 5.91 Å². The van der Waals surface area contributed by atoms with Crippen LogP contribution in [0, 0.1) is 5.41 Å². The molecular formula is C8H13NO. The molecule has 0 aromatic heterocycles. The van der Waals surface area contributed by atoms with E-state index in [1.54, 1.807) is 0 Å². The molecule has 0 bridgehead atoms. The summed E-state index contributed by atoms with van der Waals surface area (Å²) in [6.07, 6.45) is 3.41.